The Bertz CT molecular complexity index is 405. The van der Waals surface area contributed by atoms with Crippen molar-refractivity contribution in [3.8, 4) is 5.75 Å². The first-order valence-corrected chi connectivity index (χ1v) is 7.31. The number of ether oxygens (including phenoxy) is 1. The van der Waals surface area contributed by atoms with E-state index in [1.54, 1.807) is 7.11 Å². The molecule has 1 aliphatic rings. The summed E-state index contributed by atoms with van der Waals surface area (Å²) in [6.07, 6.45) is 3.92. The topological polar surface area (TPSA) is 24.5 Å². The van der Waals surface area contributed by atoms with Gasteiger partial charge < -0.3 is 15.0 Å². The van der Waals surface area contributed by atoms with E-state index in [-0.39, 0.29) is 0 Å². The monoisotopic (exact) mass is 282 g/mol. The molecule has 2 rings (SSSR count). The van der Waals surface area contributed by atoms with Gasteiger partial charge in [0.2, 0.25) is 0 Å². The fourth-order valence-electron chi connectivity index (χ4n) is 2.68. The predicted octanol–water partition coefficient (Wildman–Crippen LogP) is 2.92. The molecule has 0 amide bonds. The fraction of sp³-hybridized carbons (Fsp3) is 0.600. The summed E-state index contributed by atoms with van der Waals surface area (Å²) in [5.74, 6) is 0.910. The van der Waals surface area contributed by atoms with Gasteiger partial charge >= 0.3 is 0 Å². The van der Waals surface area contributed by atoms with E-state index in [0.717, 1.165) is 36.0 Å². The molecule has 0 spiro atoms. The van der Waals surface area contributed by atoms with Gasteiger partial charge in [-0.1, -0.05) is 18.0 Å². The van der Waals surface area contributed by atoms with E-state index in [2.05, 4.69) is 17.3 Å². The molecule has 1 saturated heterocycles. The van der Waals surface area contributed by atoms with Crippen LogP contribution in [0.1, 0.15) is 24.8 Å². The van der Waals surface area contributed by atoms with Gasteiger partial charge in [0.1, 0.15) is 5.75 Å². The van der Waals surface area contributed by atoms with Crippen LogP contribution in [0.5, 0.6) is 5.75 Å². The van der Waals surface area contributed by atoms with Crippen molar-refractivity contribution >= 4 is 11.6 Å². The number of methoxy groups -OCH3 is 1. The van der Waals surface area contributed by atoms with Gasteiger partial charge in [-0.25, -0.2) is 0 Å². The van der Waals surface area contributed by atoms with Crippen LogP contribution in [0.15, 0.2) is 18.2 Å². The van der Waals surface area contributed by atoms with Crippen LogP contribution in [0.3, 0.4) is 0 Å². The second-order valence-corrected chi connectivity index (χ2v) is 5.74. The molecule has 1 aliphatic heterocycles. The number of benzene rings is 1. The highest BCUT2D eigenvalue weighted by atomic mass is 35.5. The molecule has 1 N–H and O–H groups in total. The van der Waals surface area contributed by atoms with Gasteiger partial charge in [-0.15, -0.1) is 0 Å². The summed E-state index contributed by atoms with van der Waals surface area (Å²) in [6, 6.07) is 6.41. The second kappa shape index (κ2) is 7.13. The molecule has 3 nitrogen and oxygen atoms in total. The van der Waals surface area contributed by atoms with Gasteiger partial charge in [0.25, 0.3) is 0 Å². The van der Waals surface area contributed by atoms with Crippen LogP contribution in [0.2, 0.25) is 5.02 Å². The van der Waals surface area contributed by atoms with E-state index >= 15 is 0 Å². The van der Waals surface area contributed by atoms with Crippen molar-refractivity contribution < 1.29 is 4.74 Å². The maximum Gasteiger partial charge on any atom is 0.123 e. The summed E-state index contributed by atoms with van der Waals surface area (Å²) in [7, 11) is 3.85. The van der Waals surface area contributed by atoms with Crippen molar-refractivity contribution in [2.45, 2.75) is 31.8 Å². The molecular weight excluding hydrogens is 260 g/mol. The van der Waals surface area contributed by atoms with Crippen LogP contribution in [-0.4, -0.2) is 38.2 Å². The lowest BCUT2D eigenvalue weighted by molar-refractivity contribution is 0.253. The van der Waals surface area contributed by atoms with Gasteiger partial charge in [-0.2, -0.15) is 0 Å². The number of nitrogens with zero attached hydrogens (tertiary/aromatic N) is 1. The highest BCUT2D eigenvalue weighted by Crippen LogP contribution is 2.24. The van der Waals surface area contributed by atoms with Gasteiger partial charge in [-0.3, -0.25) is 0 Å². The van der Waals surface area contributed by atoms with Gasteiger partial charge in [-0.05, 0) is 44.6 Å². The van der Waals surface area contributed by atoms with Crippen LogP contribution in [0.25, 0.3) is 0 Å². The molecule has 1 unspecified atom stereocenters. The van der Waals surface area contributed by atoms with Gasteiger partial charge in [0.15, 0.2) is 0 Å². The van der Waals surface area contributed by atoms with E-state index < -0.39 is 0 Å². The molecule has 1 fully saturated rings. The van der Waals surface area contributed by atoms with Crippen LogP contribution < -0.4 is 10.1 Å². The first kappa shape index (κ1) is 14.6. The minimum absolute atomic E-state index is 0.615. The van der Waals surface area contributed by atoms with E-state index in [1.807, 2.05) is 18.2 Å². The molecule has 1 aromatic rings. The SMILES string of the molecule is COc1ccc(Cl)cc1CN(C)CC1CCCCN1. The molecule has 0 aromatic heterocycles. The molecule has 0 bridgehead atoms. The Hall–Kier alpha value is -0.770. The number of hydrogen-bond acceptors (Lipinski definition) is 3. The van der Waals surface area contributed by atoms with Crippen molar-refractivity contribution in [1.29, 1.82) is 0 Å². The van der Waals surface area contributed by atoms with E-state index in [4.69, 9.17) is 16.3 Å². The normalized spacial score (nSPS) is 19.7. The number of rotatable bonds is 5. The Morgan fingerprint density at radius 2 is 2.26 bits per heavy atom. The maximum absolute atomic E-state index is 6.06. The van der Waals surface area contributed by atoms with Crippen LogP contribution in [0, 0.1) is 0 Å². The number of likely N-dealkylation sites (N-methyl/N-ethyl adjacent to an activating group) is 1. The fourth-order valence-corrected chi connectivity index (χ4v) is 2.88. The Labute approximate surface area is 120 Å². The lowest BCUT2D eigenvalue weighted by atomic mass is 10.0. The van der Waals surface area contributed by atoms with E-state index in [0.29, 0.717) is 6.04 Å². The Kier molecular flexibility index (Phi) is 5.49. The molecule has 4 heteroatoms. The van der Waals surface area contributed by atoms with Crippen LogP contribution >= 0.6 is 11.6 Å². The molecular formula is C15H23ClN2O. The average molecular weight is 283 g/mol. The summed E-state index contributed by atoms with van der Waals surface area (Å²) < 4.78 is 5.39. The van der Waals surface area contributed by atoms with Crippen molar-refractivity contribution in [3.05, 3.63) is 28.8 Å². The third-order valence-corrected chi connectivity index (χ3v) is 3.86. The van der Waals surface area contributed by atoms with Crippen molar-refractivity contribution in [2.24, 2.45) is 0 Å². The second-order valence-electron chi connectivity index (χ2n) is 5.30. The number of halogens is 1. The van der Waals surface area contributed by atoms with Crippen molar-refractivity contribution in [1.82, 2.24) is 10.2 Å². The zero-order valence-corrected chi connectivity index (χ0v) is 12.5. The molecule has 1 atom stereocenters. The molecule has 0 radical (unpaired) electrons. The zero-order valence-electron chi connectivity index (χ0n) is 11.8. The van der Waals surface area contributed by atoms with Gasteiger partial charge in [0.05, 0.1) is 7.11 Å². The summed E-state index contributed by atoms with van der Waals surface area (Å²) in [5.41, 5.74) is 1.15. The summed E-state index contributed by atoms with van der Waals surface area (Å²) in [6.45, 7) is 3.08. The summed E-state index contributed by atoms with van der Waals surface area (Å²) >= 11 is 6.06. The third-order valence-electron chi connectivity index (χ3n) is 3.63. The largest absolute Gasteiger partial charge is 0.496 e. The van der Waals surface area contributed by atoms with Crippen LogP contribution in [-0.2, 0) is 6.54 Å². The minimum atomic E-state index is 0.615. The van der Waals surface area contributed by atoms with Gasteiger partial charge in [0, 0.05) is 29.7 Å². The highest BCUT2D eigenvalue weighted by molar-refractivity contribution is 6.30. The summed E-state index contributed by atoms with van der Waals surface area (Å²) in [4.78, 5) is 2.33. The molecule has 106 valence electrons. The molecule has 1 aromatic carbocycles. The standard InChI is InChI=1S/C15H23ClN2O/c1-18(11-14-5-3-4-8-17-14)10-12-9-13(16)6-7-15(12)19-2/h6-7,9,14,17H,3-5,8,10-11H2,1-2H3. The van der Waals surface area contributed by atoms with E-state index in [1.165, 1.54) is 19.3 Å². The molecule has 1 heterocycles. The third kappa shape index (κ3) is 4.37. The average Bonchev–Trinajstić information content (AvgIpc) is 2.40. The Balaban J connectivity index is 1.93. The highest BCUT2D eigenvalue weighted by Gasteiger charge is 2.15. The first-order valence-electron chi connectivity index (χ1n) is 6.93. The Morgan fingerprint density at radius 1 is 1.42 bits per heavy atom. The van der Waals surface area contributed by atoms with Crippen LogP contribution in [0.4, 0.5) is 0 Å². The quantitative estimate of drug-likeness (QED) is 0.899. The first-order chi connectivity index (χ1) is 9.19. The molecule has 0 saturated carbocycles. The number of piperidine rings is 1. The predicted molar refractivity (Wildman–Crippen MR) is 80.0 cm³/mol. The smallest absolute Gasteiger partial charge is 0.123 e. The van der Waals surface area contributed by atoms with E-state index in [9.17, 15) is 0 Å². The molecule has 19 heavy (non-hydrogen) atoms. The number of hydrogen-bond donors (Lipinski definition) is 1. The lowest BCUT2D eigenvalue weighted by Gasteiger charge is -2.28. The Morgan fingerprint density at radius 3 is 2.95 bits per heavy atom. The molecule has 0 aliphatic carbocycles. The minimum Gasteiger partial charge on any atom is -0.496 e. The van der Waals surface area contributed by atoms with Crippen molar-refractivity contribution in [2.75, 3.05) is 27.2 Å². The van der Waals surface area contributed by atoms with Crippen molar-refractivity contribution in [3.63, 3.8) is 0 Å². The number of nitrogens with one attached hydrogen (secondary N) is 1. The lowest BCUT2D eigenvalue weighted by Crippen LogP contribution is -2.42. The maximum atomic E-state index is 6.06. The summed E-state index contributed by atoms with van der Waals surface area (Å²) in [5, 5.41) is 4.34. The zero-order chi connectivity index (χ0) is 13.7.